The van der Waals surface area contributed by atoms with Crippen molar-refractivity contribution in [1.82, 2.24) is 9.13 Å². The fourth-order valence-corrected chi connectivity index (χ4v) is 9.82. The Morgan fingerprint density at radius 3 is 1.64 bits per heavy atom. The summed E-state index contributed by atoms with van der Waals surface area (Å²) < 4.78 is 18.6. The Morgan fingerprint density at radius 1 is 0.356 bits per heavy atom. The molecule has 274 valence electrons. The molecule has 11 aromatic rings. The van der Waals surface area contributed by atoms with Gasteiger partial charge in [-0.25, -0.2) is 0 Å². The van der Waals surface area contributed by atoms with E-state index >= 15 is 0 Å². The summed E-state index contributed by atoms with van der Waals surface area (Å²) in [5.41, 5.74) is 15.7. The van der Waals surface area contributed by atoms with Gasteiger partial charge in [0.1, 0.15) is 17.2 Å². The lowest BCUT2D eigenvalue weighted by atomic mass is 9.50. The van der Waals surface area contributed by atoms with Crippen molar-refractivity contribution in [3.63, 3.8) is 0 Å². The van der Waals surface area contributed by atoms with Gasteiger partial charge in [0, 0.05) is 49.3 Å². The summed E-state index contributed by atoms with van der Waals surface area (Å²) in [5.74, 6) is 2.51. The highest BCUT2D eigenvalue weighted by Crippen LogP contribution is 2.45. The molecule has 0 aliphatic carbocycles. The van der Waals surface area contributed by atoms with Crippen LogP contribution in [-0.2, 0) is 0 Å². The van der Waals surface area contributed by atoms with Crippen LogP contribution in [-0.4, -0.2) is 16.0 Å². The first-order chi connectivity index (χ1) is 29.3. The van der Waals surface area contributed by atoms with Crippen LogP contribution in [0.15, 0.2) is 200 Å². The number of ether oxygens (including phenoxy) is 1. The van der Waals surface area contributed by atoms with Crippen LogP contribution >= 0.6 is 0 Å². The average Bonchev–Trinajstić information content (AvgIpc) is 3.82. The van der Waals surface area contributed by atoms with Crippen LogP contribution in [0, 0.1) is 0 Å². The Kier molecular flexibility index (Phi) is 6.78. The van der Waals surface area contributed by atoms with Gasteiger partial charge in [0.05, 0.1) is 27.8 Å². The standard InChI is InChI=1S/C54H33BN2O2/c1-7-22-46(57-49-25-10-4-19-41(49)42-20-5-11-26-50(42)57)38(16-1)36-32-44-43-31-35(28-29-51(43)59-55-45-21-6-12-27-52(45)58-53(33-36)54(44)55)34-14-13-15-37(30-34)56-47-23-8-2-17-39(47)40-18-3-9-24-48(40)56/h1-33H. The molecule has 0 saturated carbocycles. The van der Waals surface area contributed by atoms with Crippen LogP contribution in [0.2, 0.25) is 0 Å². The second kappa shape index (κ2) is 12.4. The van der Waals surface area contributed by atoms with E-state index in [9.17, 15) is 0 Å². The molecule has 0 atom stereocenters. The minimum atomic E-state index is -0.288. The maximum atomic E-state index is 6.97. The first kappa shape index (κ1) is 32.3. The van der Waals surface area contributed by atoms with Gasteiger partial charge in [0.15, 0.2) is 0 Å². The molecular formula is C54H33BN2O2. The van der Waals surface area contributed by atoms with Gasteiger partial charge in [-0.1, -0.05) is 127 Å². The normalized spacial score (nSPS) is 12.6. The third-order valence-corrected chi connectivity index (χ3v) is 12.4. The van der Waals surface area contributed by atoms with Gasteiger partial charge in [-0.3, -0.25) is 0 Å². The van der Waals surface area contributed by atoms with Gasteiger partial charge in [-0.2, -0.15) is 0 Å². The highest BCUT2D eigenvalue weighted by atomic mass is 16.5. The van der Waals surface area contributed by atoms with Crippen LogP contribution in [0.5, 0.6) is 17.2 Å². The van der Waals surface area contributed by atoms with Crippen molar-refractivity contribution in [3.8, 4) is 62.0 Å². The van der Waals surface area contributed by atoms with E-state index in [1.54, 1.807) is 0 Å². The second-order valence-electron chi connectivity index (χ2n) is 15.6. The number of rotatable bonds is 4. The van der Waals surface area contributed by atoms with E-state index in [0.29, 0.717) is 0 Å². The summed E-state index contributed by atoms with van der Waals surface area (Å²) in [7, 11) is 0. The Labute approximate surface area is 340 Å². The molecule has 0 fully saturated rings. The Hall–Kier alpha value is -7.76. The lowest BCUT2D eigenvalue weighted by Gasteiger charge is -2.33. The average molecular weight is 753 g/mol. The first-order valence-corrected chi connectivity index (χ1v) is 20.2. The van der Waals surface area contributed by atoms with E-state index in [1.165, 1.54) is 43.6 Å². The third kappa shape index (κ3) is 4.73. The number of aromatic nitrogens is 2. The smallest absolute Gasteiger partial charge is 0.434 e. The zero-order chi connectivity index (χ0) is 38.6. The molecule has 5 heteroatoms. The monoisotopic (exact) mass is 752 g/mol. The molecule has 4 nitrogen and oxygen atoms in total. The maximum Gasteiger partial charge on any atom is 0.434 e. The molecule has 0 radical (unpaired) electrons. The zero-order valence-electron chi connectivity index (χ0n) is 31.8. The fraction of sp³-hybridized carbons (Fsp3) is 0. The van der Waals surface area contributed by atoms with Crippen molar-refractivity contribution in [2.45, 2.75) is 0 Å². The molecule has 13 rings (SSSR count). The van der Waals surface area contributed by atoms with Crippen LogP contribution < -0.4 is 20.3 Å². The summed E-state index contributed by atoms with van der Waals surface area (Å²) >= 11 is 0. The molecule has 0 saturated heterocycles. The molecule has 2 aromatic heterocycles. The Morgan fingerprint density at radius 2 is 0.932 bits per heavy atom. The lowest BCUT2D eigenvalue weighted by Crippen LogP contribution is -2.53. The van der Waals surface area contributed by atoms with E-state index in [1.807, 2.05) is 12.1 Å². The molecule has 0 spiro atoms. The summed E-state index contributed by atoms with van der Waals surface area (Å²) in [6, 6.07) is 71.8. The predicted molar refractivity (Wildman–Crippen MR) is 244 cm³/mol. The molecule has 0 unspecified atom stereocenters. The van der Waals surface area contributed by atoms with E-state index in [2.05, 4.69) is 197 Å². The van der Waals surface area contributed by atoms with Crippen molar-refractivity contribution < 1.29 is 9.39 Å². The molecular weight excluding hydrogens is 719 g/mol. The topological polar surface area (TPSA) is 28.3 Å². The van der Waals surface area contributed by atoms with Gasteiger partial charge in [-0.15, -0.1) is 0 Å². The van der Waals surface area contributed by atoms with E-state index in [0.717, 1.165) is 72.9 Å². The molecule has 0 N–H and O–H groups in total. The van der Waals surface area contributed by atoms with Gasteiger partial charge < -0.3 is 18.5 Å². The van der Waals surface area contributed by atoms with Crippen LogP contribution in [0.25, 0.3) is 88.4 Å². The number of fused-ring (bicyclic) bond motifs is 10. The largest absolute Gasteiger partial charge is 0.551 e. The van der Waals surface area contributed by atoms with Gasteiger partial charge >= 0.3 is 6.92 Å². The number of benzene rings is 9. The van der Waals surface area contributed by atoms with Crippen LogP contribution in [0.4, 0.5) is 0 Å². The molecule has 59 heavy (non-hydrogen) atoms. The van der Waals surface area contributed by atoms with Crippen molar-refractivity contribution in [1.29, 1.82) is 0 Å². The Balaban J connectivity index is 1.01. The van der Waals surface area contributed by atoms with Gasteiger partial charge in [0.2, 0.25) is 0 Å². The van der Waals surface area contributed by atoms with Crippen molar-refractivity contribution in [2.24, 2.45) is 0 Å². The summed E-state index contributed by atoms with van der Waals surface area (Å²) in [4.78, 5) is 0. The Bertz CT molecular complexity index is 3430. The SMILES string of the molecule is c1cc(-c2ccc3c(c2)-c2cc(-c4ccccc4-n4c5ccccc5c5ccccc54)cc4c2B(O3)c2ccccc2O4)cc(-n2c3ccccc3c3ccccc32)c1. The van der Waals surface area contributed by atoms with E-state index < -0.39 is 0 Å². The number of nitrogens with zero attached hydrogens (tertiary/aromatic N) is 2. The third-order valence-electron chi connectivity index (χ3n) is 12.4. The van der Waals surface area contributed by atoms with Crippen LogP contribution in [0.3, 0.4) is 0 Å². The van der Waals surface area contributed by atoms with E-state index in [4.69, 9.17) is 9.39 Å². The van der Waals surface area contributed by atoms with Crippen molar-refractivity contribution in [3.05, 3.63) is 200 Å². The van der Waals surface area contributed by atoms with Gasteiger partial charge in [0.25, 0.3) is 0 Å². The number of hydrogen-bond acceptors (Lipinski definition) is 2. The molecule has 0 amide bonds. The second-order valence-corrected chi connectivity index (χ2v) is 15.6. The molecule has 4 heterocycles. The zero-order valence-corrected chi connectivity index (χ0v) is 31.8. The van der Waals surface area contributed by atoms with Gasteiger partial charge in [-0.05, 0) is 95.1 Å². The van der Waals surface area contributed by atoms with E-state index in [-0.39, 0.29) is 6.92 Å². The highest BCUT2D eigenvalue weighted by Gasteiger charge is 2.41. The molecule has 0 bridgehead atoms. The summed E-state index contributed by atoms with van der Waals surface area (Å²) in [5, 5.41) is 4.98. The minimum Gasteiger partial charge on any atom is -0.551 e. The summed E-state index contributed by atoms with van der Waals surface area (Å²) in [6.45, 7) is -0.288. The molecule has 2 aliphatic heterocycles. The fourth-order valence-electron chi connectivity index (χ4n) is 9.82. The number of hydrogen-bond donors (Lipinski definition) is 0. The first-order valence-electron chi connectivity index (χ1n) is 20.2. The number of para-hydroxylation sites is 6. The van der Waals surface area contributed by atoms with Crippen molar-refractivity contribution in [2.75, 3.05) is 0 Å². The quantitative estimate of drug-likeness (QED) is 0.168. The summed E-state index contributed by atoms with van der Waals surface area (Å²) in [6.07, 6.45) is 0. The van der Waals surface area contributed by atoms with Crippen molar-refractivity contribution >= 4 is 61.5 Å². The molecule has 9 aromatic carbocycles. The lowest BCUT2D eigenvalue weighted by molar-refractivity contribution is 0.479. The van der Waals surface area contributed by atoms with Crippen LogP contribution in [0.1, 0.15) is 0 Å². The predicted octanol–water partition coefficient (Wildman–Crippen LogP) is 12.5. The highest BCUT2D eigenvalue weighted by molar-refractivity contribution is 6.84. The molecule has 2 aliphatic rings. The minimum absolute atomic E-state index is 0.288. The maximum absolute atomic E-state index is 6.97.